The number of aliphatic hydroxyl groups is 1. The summed E-state index contributed by atoms with van der Waals surface area (Å²) in [6.07, 6.45) is 4.26. The Balaban J connectivity index is 2.12. The molecule has 0 fully saturated rings. The number of carbonyl (C=O) groups excluding carboxylic acids is 2. The van der Waals surface area contributed by atoms with E-state index < -0.39 is 17.9 Å². The van der Waals surface area contributed by atoms with E-state index in [-0.39, 0.29) is 16.9 Å². The zero-order valence-electron chi connectivity index (χ0n) is 10.0. The highest BCUT2D eigenvalue weighted by atomic mass is 16.3. The minimum atomic E-state index is -0.915. The Hall–Kier alpha value is -2.40. The van der Waals surface area contributed by atoms with E-state index in [1.54, 1.807) is 24.3 Å². The first-order valence-corrected chi connectivity index (χ1v) is 5.78. The number of aliphatic hydroxyl groups excluding tert-OH is 1. The number of benzene rings is 1. The molecule has 0 saturated heterocycles. The van der Waals surface area contributed by atoms with Crippen LogP contribution < -0.4 is 5.32 Å². The van der Waals surface area contributed by atoms with E-state index in [1.807, 2.05) is 0 Å². The Morgan fingerprint density at radius 1 is 1.21 bits per heavy atom. The number of amides is 2. The van der Waals surface area contributed by atoms with Gasteiger partial charge in [0.2, 0.25) is 0 Å². The second kappa shape index (κ2) is 5.49. The van der Waals surface area contributed by atoms with Gasteiger partial charge < -0.3 is 10.2 Å². The molecule has 3 N–H and O–H groups in total. The maximum atomic E-state index is 11.8. The molecule has 5 heteroatoms. The van der Waals surface area contributed by atoms with Crippen molar-refractivity contribution in [2.24, 2.45) is 0 Å². The molecule has 0 aromatic heterocycles. The molecule has 0 radical (unpaired) electrons. The Kier molecular flexibility index (Phi) is 3.77. The fraction of sp³-hybridized carbons (Fsp3) is 0.143. The van der Waals surface area contributed by atoms with E-state index in [1.165, 1.54) is 18.2 Å². The fourth-order valence-corrected chi connectivity index (χ4v) is 1.75. The van der Waals surface area contributed by atoms with Crippen LogP contribution in [-0.2, 0) is 4.79 Å². The third-order valence-corrected chi connectivity index (χ3v) is 2.77. The van der Waals surface area contributed by atoms with Crippen LogP contribution in [0.15, 0.2) is 48.1 Å². The quantitative estimate of drug-likeness (QED) is 0.688. The molecule has 98 valence electrons. The first-order chi connectivity index (χ1) is 9.09. The molecule has 5 nitrogen and oxygen atoms in total. The van der Waals surface area contributed by atoms with Crippen LogP contribution >= 0.6 is 0 Å². The van der Waals surface area contributed by atoms with E-state index in [4.69, 9.17) is 0 Å². The van der Waals surface area contributed by atoms with Crippen LogP contribution in [0.25, 0.3) is 0 Å². The number of para-hydroxylation sites is 1. The molecule has 0 saturated carbocycles. The van der Waals surface area contributed by atoms with Crippen LogP contribution in [0.3, 0.4) is 0 Å². The third kappa shape index (κ3) is 2.89. The summed E-state index contributed by atoms with van der Waals surface area (Å²) in [4.78, 5) is 23.6. The predicted octanol–water partition coefficient (Wildman–Crippen LogP) is 0.896. The van der Waals surface area contributed by atoms with Gasteiger partial charge in [0.05, 0.1) is 11.7 Å². The molecule has 1 aliphatic carbocycles. The number of carbonyl (C=O) groups is 2. The normalized spacial score (nSPS) is 17.7. The topological polar surface area (TPSA) is 86.6 Å². The Bertz CT molecular complexity index is 575. The average Bonchev–Trinajstić information content (AvgIpc) is 2.39. The first-order valence-electron chi connectivity index (χ1n) is 5.78. The number of phenols is 1. The number of phenolic OH excluding ortho intramolecular Hbond substituents is 1. The van der Waals surface area contributed by atoms with Crippen LogP contribution in [0.5, 0.6) is 5.75 Å². The number of rotatable bonds is 2. The van der Waals surface area contributed by atoms with Gasteiger partial charge in [0.1, 0.15) is 5.75 Å². The smallest absolute Gasteiger partial charge is 0.261 e. The van der Waals surface area contributed by atoms with E-state index in [9.17, 15) is 19.8 Å². The predicted molar refractivity (Wildman–Crippen MR) is 68.4 cm³/mol. The highest BCUT2D eigenvalue weighted by Crippen LogP contribution is 2.16. The van der Waals surface area contributed by atoms with Crippen molar-refractivity contribution >= 4 is 11.8 Å². The van der Waals surface area contributed by atoms with Gasteiger partial charge in [0.15, 0.2) is 0 Å². The lowest BCUT2D eigenvalue weighted by atomic mass is 10.0. The number of hydrogen-bond acceptors (Lipinski definition) is 4. The molecule has 1 aliphatic rings. The van der Waals surface area contributed by atoms with Gasteiger partial charge in [0, 0.05) is 5.57 Å². The van der Waals surface area contributed by atoms with Gasteiger partial charge in [-0.25, -0.2) is 0 Å². The summed E-state index contributed by atoms with van der Waals surface area (Å²) >= 11 is 0. The van der Waals surface area contributed by atoms with E-state index in [0.717, 1.165) is 0 Å². The van der Waals surface area contributed by atoms with Gasteiger partial charge in [-0.15, -0.1) is 0 Å². The third-order valence-electron chi connectivity index (χ3n) is 2.77. The van der Waals surface area contributed by atoms with Gasteiger partial charge in [-0.2, -0.15) is 0 Å². The molecule has 1 unspecified atom stereocenters. The van der Waals surface area contributed by atoms with E-state index >= 15 is 0 Å². The molecule has 1 aromatic rings. The van der Waals surface area contributed by atoms with Crippen molar-refractivity contribution in [1.29, 1.82) is 0 Å². The summed E-state index contributed by atoms with van der Waals surface area (Å²) in [5.41, 5.74) is 0.142. The van der Waals surface area contributed by atoms with Gasteiger partial charge in [0.25, 0.3) is 11.8 Å². The van der Waals surface area contributed by atoms with Crippen molar-refractivity contribution in [2.75, 3.05) is 0 Å². The molecule has 2 amide bonds. The maximum absolute atomic E-state index is 11.8. The number of allylic oxidation sites excluding steroid dienone is 2. The highest BCUT2D eigenvalue weighted by molar-refractivity contribution is 6.11. The molecule has 2 rings (SSSR count). The molecule has 0 aliphatic heterocycles. The van der Waals surface area contributed by atoms with Gasteiger partial charge in [-0.05, 0) is 18.6 Å². The first kappa shape index (κ1) is 13.0. The SMILES string of the molecule is O=C(NC(=O)c1ccccc1O)C1=CC=CCC1O. The lowest BCUT2D eigenvalue weighted by molar-refractivity contribution is -0.117. The number of aromatic hydroxyl groups is 1. The van der Waals surface area contributed by atoms with Crippen LogP contribution in [0.4, 0.5) is 0 Å². The standard InChI is InChI=1S/C14H13NO4/c16-11-7-3-1-5-9(11)13(18)15-14(19)10-6-2-4-8-12(10)17/h1-7,12,16-17H,8H2,(H,15,18,19). The van der Waals surface area contributed by atoms with Crippen molar-refractivity contribution in [3.8, 4) is 5.75 Å². The maximum Gasteiger partial charge on any atom is 0.261 e. The van der Waals surface area contributed by atoms with E-state index in [0.29, 0.717) is 6.42 Å². The second-order valence-corrected chi connectivity index (χ2v) is 4.10. The summed E-state index contributed by atoms with van der Waals surface area (Å²) in [6.45, 7) is 0. The molecule has 0 bridgehead atoms. The molecular weight excluding hydrogens is 246 g/mol. The molecule has 0 spiro atoms. The summed E-state index contributed by atoms with van der Waals surface area (Å²) in [5, 5.41) is 21.3. The Morgan fingerprint density at radius 2 is 1.95 bits per heavy atom. The van der Waals surface area contributed by atoms with Crippen molar-refractivity contribution in [3.63, 3.8) is 0 Å². The van der Waals surface area contributed by atoms with Crippen molar-refractivity contribution in [3.05, 3.63) is 53.6 Å². The fourth-order valence-electron chi connectivity index (χ4n) is 1.75. The summed E-state index contributed by atoms with van der Waals surface area (Å²) in [7, 11) is 0. The number of nitrogens with one attached hydrogen (secondary N) is 1. The lowest BCUT2D eigenvalue weighted by Gasteiger charge is -2.15. The zero-order chi connectivity index (χ0) is 13.8. The number of hydrogen-bond donors (Lipinski definition) is 3. The number of imide groups is 1. The van der Waals surface area contributed by atoms with Crippen molar-refractivity contribution < 1.29 is 19.8 Å². The van der Waals surface area contributed by atoms with Crippen molar-refractivity contribution in [2.45, 2.75) is 12.5 Å². The van der Waals surface area contributed by atoms with Gasteiger partial charge in [-0.1, -0.05) is 30.4 Å². The highest BCUT2D eigenvalue weighted by Gasteiger charge is 2.22. The zero-order valence-corrected chi connectivity index (χ0v) is 10.0. The monoisotopic (exact) mass is 259 g/mol. The van der Waals surface area contributed by atoms with Crippen LogP contribution in [0, 0.1) is 0 Å². The molecule has 0 heterocycles. The lowest BCUT2D eigenvalue weighted by Crippen LogP contribution is -2.35. The summed E-state index contributed by atoms with van der Waals surface area (Å²) < 4.78 is 0. The van der Waals surface area contributed by atoms with Gasteiger partial charge in [-0.3, -0.25) is 14.9 Å². The molecule has 1 atom stereocenters. The van der Waals surface area contributed by atoms with Crippen LogP contribution in [0.1, 0.15) is 16.8 Å². The van der Waals surface area contributed by atoms with E-state index in [2.05, 4.69) is 5.32 Å². The Morgan fingerprint density at radius 3 is 2.63 bits per heavy atom. The Labute approximate surface area is 109 Å². The minimum Gasteiger partial charge on any atom is -0.507 e. The largest absolute Gasteiger partial charge is 0.507 e. The van der Waals surface area contributed by atoms with Crippen LogP contribution in [-0.4, -0.2) is 28.1 Å². The summed E-state index contributed by atoms with van der Waals surface area (Å²) in [6, 6.07) is 5.92. The summed E-state index contributed by atoms with van der Waals surface area (Å²) in [5.74, 6) is -1.57. The molecule has 19 heavy (non-hydrogen) atoms. The second-order valence-electron chi connectivity index (χ2n) is 4.10. The molecular formula is C14H13NO4. The molecule has 1 aromatic carbocycles. The minimum absolute atomic E-state index is 0.0114. The van der Waals surface area contributed by atoms with Gasteiger partial charge >= 0.3 is 0 Å². The van der Waals surface area contributed by atoms with Crippen molar-refractivity contribution in [1.82, 2.24) is 5.32 Å². The van der Waals surface area contributed by atoms with Crippen LogP contribution in [0.2, 0.25) is 0 Å². The average molecular weight is 259 g/mol.